The normalized spacial score (nSPS) is 21.3. The summed E-state index contributed by atoms with van der Waals surface area (Å²) in [5, 5.41) is 7.40. The molecular weight excluding hydrogens is 550 g/mol. The smallest absolute Gasteiger partial charge is 0.229 e. The van der Waals surface area contributed by atoms with Crippen LogP contribution in [-0.2, 0) is 16.4 Å². The van der Waals surface area contributed by atoms with Crippen LogP contribution in [0.4, 0.5) is 26.2 Å². The number of benzene rings is 1. The largest absolute Gasteiger partial charge is 0.354 e. The quantitative estimate of drug-likeness (QED) is 0.354. The second kappa shape index (κ2) is 11.0. The van der Waals surface area contributed by atoms with Gasteiger partial charge in [0.2, 0.25) is 5.95 Å². The summed E-state index contributed by atoms with van der Waals surface area (Å²) in [6, 6.07) is 8.97. The molecule has 2 aliphatic rings. The molecule has 4 aromatic rings. The number of aromatic nitrogens is 4. The lowest BCUT2D eigenvalue weighted by atomic mass is 10.1. The zero-order valence-electron chi connectivity index (χ0n) is 22.9. The van der Waals surface area contributed by atoms with Gasteiger partial charge in [-0.15, -0.1) is 0 Å². The van der Waals surface area contributed by atoms with Crippen molar-refractivity contribution >= 4 is 38.3 Å². The van der Waals surface area contributed by atoms with Crippen molar-refractivity contribution in [3.05, 3.63) is 66.1 Å². The first-order valence-corrected chi connectivity index (χ1v) is 15.4. The SMILES string of the molecule is C[C@@H]1CN(c2ccc(Nc3ncc4ccn(-c5cc(F)c(CN6CCS(=O)(=O)CC6)c(F)c5)c4n3)cn2)C[C@H](C)N1. The van der Waals surface area contributed by atoms with Crippen molar-refractivity contribution < 1.29 is 17.2 Å². The van der Waals surface area contributed by atoms with E-state index in [1.165, 1.54) is 12.1 Å². The van der Waals surface area contributed by atoms with Crippen LogP contribution in [0, 0.1) is 11.6 Å². The standard InChI is InChI=1S/C28H32F2N8O2S/c1-18-15-37(16-19(2)33-18)26-4-3-21(14-31-26)34-28-32-13-20-5-6-38(27(20)35-28)22-11-24(29)23(25(30)12-22)17-36-7-9-41(39,40)10-8-36/h3-6,11-14,18-19,33H,7-10,15-17H2,1-2H3,(H,32,34,35)/t18-,19+. The van der Waals surface area contributed by atoms with Gasteiger partial charge < -0.3 is 20.1 Å². The number of fused-ring (bicyclic) bond motifs is 1. The summed E-state index contributed by atoms with van der Waals surface area (Å²) in [4.78, 5) is 17.6. The Hall–Kier alpha value is -3.68. The molecular formula is C28H32F2N8O2S. The van der Waals surface area contributed by atoms with E-state index in [1.807, 2.05) is 12.1 Å². The minimum Gasteiger partial charge on any atom is -0.354 e. The lowest BCUT2D eigenvalue weighted by Gasteiger charge is -2.36. The molecule has 216 valence electrons. The van der Waals surface area contributed by atoms with Gasteiger partial charge in [-0.1, -0.05) is 0 Å². The second-order valence-electron chi connectivity index (χ2n) is 10.9. The molecule has 2 atom stereocenters. The maximum absolute atomic E-state index is 15.1. The van der Waals surface area contributed by atoms with Crippen LogP contribution in [0.2, 0.25) is 0 Å². The lowest BCUT2D eigenvalue weighted by molar-refractivity contribution is 0.278. The fourth-order valence-corrected chi connectivity index (χ4v) is 6.77. The third kappa shape index (κ3) is 6.02. The average molecular weight is 583 g/mol. The van der Waals surface area contributed by atoms with E-state index >= 15 is 8.78 Å². The molecule has 0 bridgehead atoms. The van der Waals surface area contributed by atoms with Crippen LogP contribution in [-0.4, -0.2) is 82.6 Å². The van der Waals surface area contributed by atoms with Crippen molar-refractivity contribution in [3.8, 4) is 5.69 Å². The first kappa shape index (κ1) is 27.5. The fourth-order valence-electron chi connectivity index (χ4n) is 5.49. The fraction of sp³-hybridized carbons (Fsp3) is 0.393. The van der Waals surface area contributed by atoms with Crippen LogP contribution in [0.3, 0.4) is 0 Å². The molecule has 2 aliphatic heterocycles. The molecule has 2 N–H and O–H groups in total. The zero-order valence-corrected chi connectivity index (χ0v) is 23.7. The summed E-state index contributed by atoms with van der Waals surface area (Å²) in [6.45, 7) is 6.59. The van der Waals surface area contributed by atoms with Gasteiger partial charge in [0.05, 0.1) is 29.1 Å². The highest BCUT2D eigenvalue weighted by molar-refractivity contribution is 7.91. The summed E-state index contributed by atoms with van der Waals surface area (Å²) in [7, 11) is -3.08. The number of nitrogens with zero attached hydrogens (tertiary/aromatic N) is 6. The van der Waals surface area contributed by atoms with E-state index in [0.29, 0.717) is 29.1 Å². The van der Waals surface area contributed by atoms with Gasteiger partial charge in [-0.2, -0.15) is 4.98 Å². The zero-order chi connectivity index (χ0) is 28.7. The third-order valence-corrected chi connectivity index (χ3v) is 9.14. The molecule has 6 rings (SSSR count). The number of halogens is 2. The number of anilines is 3. The van der Waals surface area contributed by atoms with E-state index in [4.69, 9.17) is 0 Å². The molecule has 2 fully saturated rings. The Kier molecular flexibility index (Phi) is 7.34. The maximum Gasteiger partial charge on any atom is 0.229 e. The summed E-state index contributed by atoms with van der Waals surface area (Å²) in [6.07, 6.45) is 5.08. The minimum absolute atomic E-state index is 0.00529. The molecule has 0 spiro atoms. The highest BCUT2D eigenvalue weighted by Gasteiger charge is 2.24. The molecule has 0 saturated carbocycles. The number of hydrogen-bond acceptors (Lipinski definition) is 9. The Morgan fingerprint density at radius 3 is 2.37 bits per heavy atom. The van der Waals surface area contributed by atoms with Crippen LogP contribution in [0.15, 0.2) is 48.9 Å². The first-order valence-electron chi connectivity index (χ1n) is 13.6. The van der Waals surface area contributed by atoms with Crippen molar-refractivity contribution in [1.29, 1.82) is 0 Å². The Bertz CT molecular complexity index is 1630. The van der Waals surface area contributed by atoms with E-state index in [0.717, 1.165) is 24.6 Å². The van der Waals surface area contributed by atoms with Gasteiger partial charge in [0, 0.05) is 68.2 Å². The van der Waals surface area contributed by atoms with Gasteiger partial charge in [0.15, 0.2) is 9.84 Å². The molecule has 2 saturated heterocycles. The number of pyridine rings is 1. The molecule has 13 heteroatoms. The molecule has 41 heavy (non-hydrogen) atoms. The van der Waals surface area contributed by atoms with Gasteiger partial charge in [0.25, 0.3) is 0 Å². The predicted molar refractivity (Wildman–Crippen MR) is 155 cm³/mol. The van der Waals surface area contributed by atoms with E-state index in [-0.39, 0.29) is 42.4 Å². The number of piperazine rings is 1. The van der Waals surface area contributed by atoms with E-state index in [1.54, 1.807) is 34.1 Å². The highest BCUT2D eigenvalue weighted by atomic mass is 32.2. The van der Waals surface area contributed by atoms with Crippen LogP contribution in [0.1, 0.15) is 19.4 Å². The Balaban J connectivity index is 1.20. The number of rotatable bonds is 6. The van der Waals surface area contributed by atoms with Crippen molar-refractivity contribution in [3.63, 3.8) is 0 Å². The lowest BCUT2D eigenvalue weighted by Crippen LogP contribution is -2.54. The van der Waals surface area contributed by atoms with Gasteiger partial charge in [-0.25, -0.2) is 27.2 Å². The number of hydrogen-bond donors (Lipinski definition) is 2. The number of nitrogens with one attached hydrogen (secondary N) is 2. The van der Waals surface area contributed by atoms with Gasteiger partial charge in [-0.05, 0) is 44.2 Å². The molecule has 10 nitrogen and oxygen atoms in total. The summed E-state index contributed by atoms with van der Waals surface area (Å²) in [5.41, 5.74) is 1.41. The average Bonchev–Trinajstić information content (AvgIpc) is 3.35. The van der Waals surface area contributed by atoms with Crippen molar-refractivity contribution in [2.24, 2.45) is 0 Å². The molecule has 0 amide bonds. The highest BCUT2D eigenvalue weighted by Crippen LogP contribution is 2.26. The molecule has 0 unspecified atom stereocenters. The molecule has 3 aromatic heterocycles. The Morgan fingerprint density at radius 2 is 1.71 bits per heavy atom. The van der Waals surface area contributed by atoms with Crippen molar-refractivity contribution in [1.82, 2.24) is 29.7 Å². The van der Waals surface area contributed by atoms with E-state index in [2.05, 4.69) is 44.3 Å². The topological polar surface area (TPSA) is 108 Å². The maximum atomic E-state index is 15.1. The van der Waals surface area contributed by atoms with E-state index in [9.17, 15) is 8.42 Å². The van der Waals surface area contributed by atoms with Crippen LogP contribution >= 0.6 is 0 Å². The summed E-state index contributed by atoms with van der Waals surface area (Å²) in [5.74, 6) is -0.166. The molecule has 5 heterocycles. The van der Waals surface area contributed by atoms with Gasteiger partial charge in [-0.3, -0.25) is 4.90 Å². The second-order valence-corrected chi connectivity index (χ2v) is 13.2. The van der Waals surface area contributed by atoms with Crippen LogP contribution < -0.4 is 15.5 Å². The Morgan fingerprint density at radius 1 is 1.00 bits per heavy atom. The number of sulfone groups is 1. The monoisotopic (exact) mass is 582 g/mol. The minimum atomic E-state index is -3.08. The summed E-state index contributed by atoms with van der Waals surface area (Å²) < 4.78 is 55.2. The Labute approximate surface area is 237 Å². The molecule has 0 radical (unpaired) electrons. The molecule has 0 aliphatic carbocycles. The van der Waals surface area contributed by atoms with Gasteiger partial charge in [0.1, 0.15) is 23.1 Å². The van der Waals surface area contributed by atoms with Crippen LogP contribution in [0.25, 0.3) is 16.7 Å². The van der Waals surface area contributed by atoms with Crippen LogP contribution in [0.5, 0.6) is 0 Å². The van der Waals surface area contributed by atoms with Gasteiger partial charge >= 0.3 is 0 Å². The van der Waals surface area contributed by atoms with Crippen molar-refractivity contribution in [2.45, 2.75) is 32.5 Å². The molecule has 1 aromatic carbocycles. The predicted octanol–water partition coefficient (Wildman–Crippen LogP) is 3.25. The first-order chi connectivity index (χ1) is 19.6. The van der Waals surface area contributed by atoms with E-state index < -0.39 is 21.5 Å². The third-order valence-electron chi connectivity index (χ3n) is 7.54. The summed E-state index contributed by atoms with van der Waals surface area (Å²) >= 11 is 0. The van der Waals surface area contributed by atoms with Crippen molar-refractivity contribution in [2.75, 3.05) is 47.9 Å².